The molecule has 20 heavy (non-hydrogen) atoms. The molecule has 1 aliphatic carbocycles. The van der Waals surface area contributed by atoms with Crippen molar-refractivity contribution >= 4 is 6.08 Å². The minimum absolute atomic E-state index is 0.0102. The monoisotopic (exact) mass is 272 g/mol. The van der Waals surface area contributed by atoms with E-state index in [1.807, 2.05) is 0 Å². The van der Waals surface area contributed by atoms with Crippen LogP contribution in [0, 0.1) is 0 Å². The van der Waals surface area contributed by atoms with Gasteiger partial charge < -0.3 is 19.7 Å². The Balaban J connectivity index is 2.17. The molecule has 0 aliphatic heterocycles. The molecule has 0 radical (unpaired) electrons. The third-order valence-electron chi connectivity index (χ3n) is 3.20. The number of aromatic hydroxyl groups is 1. The molecule has 2 aromatic rings. The second kappa shape index (κ2) is 4.54. The summed E-state index contributed by atoms with van der Waals surface area (Å²) in [5.74, 6) is 0.557. The molecule has 0 fully saturated rings. The van der Waals surface area contributed by atoms with Crippen molar-refractivity contribution in [2.24, 2.45) is 0 Å². The summed E-state index contributed by atoms with van der Waals surface area (Å²) in [5.41, 5.74) is 0.437. The molecule has 3 N–H and O–H groups in total. The van der Waals surface area contributed by atoms with Crippen LogP contribution in [0.2, 0.25) is 0 Å². The average molecular weight is 272 g/mol. The van der Waals surface area contributed by atoms with Crippen LogP contribution in [0.1, 0.15) is 23.8 Å². The average Bonchev–Trinajstić information content (AvgIpc) is 2.38. The van der Waals surface area contributed by atoms with Crippen LogP contribution in [0.15, 0.2) is 45.3 Å². The van der Waals surface area contributed by atoms with Gasteiger partial charge in [-0.25, -0.2) is 0 Å². The summed E-state index contributed by atoms with van der Waals surface area (Å²) in [6.45, 7) is 0. The molecular formula is C15H12O5. The van der Waals surface area contributed by atoms with E-state index in [4.69, 9.17) is 4.42 Å². The molecule has 0 bridgehead atoms. The quantitative estimate of drug-likeness (QED) is 0.741. The van der Waals surface area contributed by atoms with Crippen LogP contribution in [-0.2, 0) is 0 Å². The second-order valence-corrected chi connectivity index (χ2v) is 4.66. The van der Waals surface area contributed by atoms with E-state index in [1.54, 1.807) is 12.1 Å². The van der Waals surface area contributed by atoms with Crippen molar-refractivity contribution in [2.45, 2.75) is 12.5 Å². The molecule has 0 amide bonds. The number of fused-ring (bicyclic) bond motifs is 1. The first-order chi connectivity index (χ1) is 9.54. The molecule has 0 spiro atoms. The van der Waals surface area contributed by atoms with Gasteiger partial charge in [-0.05, 0) is 24.3 Å². The summed E-state index contributed by atoms with van der Waals surface area (Å²) in [6.07, 6.45) is 0.295. The predicted molar refractivity (Wildman–Crippen MR) is 72.3 cm³/mol. The van der Waals surface area contributed by atoms with Crippen LogP contribution >= 0.6 is 0 Å². The predicted octanol–water partition coefficient (Wildman–Crippen LogP) is 2.35. The molecular weight excluding hydrogens is 260 g/mol. The molecule has 0 saturated heterocycles. The van der Waals surface area contributed by atoms with Crippen molar-refractivity contribution in [2.75, 3.05) is 0 Å². The molecule has 1 atom stereocenters. The summed E-state index contributed by atoms with van der Waals surface area (Å²) < 4.78 is 5.57. The van der Waals surface area contributed by atoms with Crippen molar-refractivity contribution in [1.82, 2.24) is 0 Å². The van der Waals surface area contributed by atoms with Gasteiger partial charge in [-0.2, -0.15) is 0 Å². The fraction of sp³-hybridized carbons (Fsp3) is 0.133. The van der Waals surface area contributed by atoms with Crippen LogP contribution in [0.3, 0.4) is 0 Å². The zero-order chi connectivity index (χ0) is 14.3. The maximum atomic E-state index is 12.1. The van der Waals surface area contributed by atoms with E-state index >= 15 is 0 Å². The number of aliphatic hydroxyl groups is 2. The first-order valence-electron chi connectivity index (χ1n) is 6.09. The van der Waals surface area contributed by atoms with Crippen LogP contribution < -0.4 is 5.43 Å². The van der Waals surface area contributed by atoms with Gasteiger partial charge in [0.1, 0.15) is 17.3 Å². The Morgan fingerprint density at radius 1 is 1.15 bits per heavy atom. The number of aliphatic hydroxyl groups excluding tert-OH is 2. The summed E-state index contributed by atoms with van der Waals surface area (Å²) in [4.78, 5) is 12.1. The fourth-order valence-corrected chi connectivity index (χ4v) is 2.24. The largest absolute Gasteiger partial charge is 0.512 e. The molecule has 1 unspecified atom stereocenters. The first-order valence-corrected chi connectivity index (χ1v) is 6.09. The van der Waals surface area contributed by atoms with Gasteiger partial charge in [-0.1, -0.05) is 0 Å². The van der Waals surface area contributed by atoms with Gasteiger partial charge in [0.25, 0.3) is 0 Å². The van der Waals surface area contributed by atoms with Crippen molar-refractivity contribution in [3.63, 3.8) is 0 Å². The first kappa shape index (κ1) is 12.5. The zero-order valence-corrected chi connectivity index (χ0v) is 10.4. The van der Waals surface area contributed by atoms with Gasteiger partial charge in [0.05, 0.1) is 17.4 Å². The fourth-order valence-electron chi connectivity index (χ4n) is 2.24. The van der Waals surface area contributed by atoms with Gasteiger partial charge in [0.2, 0.25) is 0 Å². The Hall–Kier alpha value is -2.53. The van der Waals surface area contributed by atoms with Crippen LogP contribution in [-0.4, -0.2) is 15.3 Å². The Morgan fingerprint density at radius 2 is 1.85 bits per heavy atom. The zero-order valence-electron chi connectivity index (χ0n) is 10.4. The van der Waals surface area contributed by atoms with Gasteiger partial charge in [0.15, 0.2) is 5.43 Å². The van der Waals surface area contributed by atoms with Gasteiger partial charge in [-0.3, -0.25) is 4.79 Å². The molecule has 102 valence electrons. The second-order valence-electron chi connectivity index (χ2n) is 4.66. The summed E-state index contributed by atoms with van der Waals surface area (Å²) in [7, 11) is 0. The summed E-state index contributed by atoms with van der Waals surface area (Å²) in [5, 5.41) is 28.6. The van der Waals surface area contributed by atoms with Crippen molar-refractivity contribution in [1.29, 1.82) is 0 Å². The molecule has 5 heteroatoms. The Labute approximate surface area is 114 Å². The lowest BCUT2D eigenvalue weighted by molar-refractivity contribution is 0.154. The number of hydrogen-bond acceptors (Lipinski definition) is 5. The topological polar surface area (TPSA) is 90.9 Å². The normalized spacial score (nSPS) is 17.4. The SMILES string of the molecule is O=c1cc(-c2ccc(O)cc2)oc2c1C(O)CC(O)=C2. The lowest BCUT2D eigenvalue weighted by Crippen LogP contribution is -2.18. The Kier molecular flexibility index (Phi) is 2.84. The minimum Gasteiger partial charge on any atom is -0.512 e. The minimum atomic E-state index is -1.06. The van der Waals surface area contributed by atoms with E-state index in [0.29, 0.717) is 11.3 Å². The third-order valence-corrected chi connectivity index (χ3v) is 3.20. The van der Waals surface area contributed by atoms with E-state index in [-0.39, 0.29) is 34.7 Å². The van der Waals surface area contributed by atoms with E-state index < -0.39 is 6.10 Å². The van der Waals surface area contributed by atoms with Crippen LogP contribution in [0.4, 0.5) is 0 Å². The van der Waals surface area contributed by atoms with E-state index in [1.165, 1.54) is 24.3 Å². The molecule has 5 nitrogen and oxygen atoms in total. The maximum Gasteiger partial charge on any atom is 0.191 e. The highest BCUT2D eigenvalue weighted by Gasteiger charge is 2.24. The van der Waals surface area contributed by atoms with Gasteiger partial charge in [0, 0.05) is 24.1 Å². The lowest BCUT2D eigenvalue weighted by Gasteiger charge is -2.17. The van der Waals surface area contributed by atoms with Crippen molar-refractivity contribution < 1.29 is 19.7 Å². The molecule has 3 rings (SSSR count). The van der Waals surface area contributed by atoms with Crippen LogP contribution in [0.25, 0.3) is 17.4 Å². The number of rotatable bonds is 1. The molecule has 1 heterocycles. The number of benzene rings is 1. The van der Waals surface area contributed by atoms with Gasteiger partial charge >= 0.3 is 0 Å². The van der Waals surface area contributed by atoms with E-state index in [2.05, 4.69) is 0 Å². The van der Waals surface area contributed by atoms with E-state index in [9.17, 15) is 20.1 Å². The molecule has 1 aliphatic rings. The summed E-state index contributed by atoms with van der Waals surface area (Å²) >= 11 is 0. The Bertz CT molecular complexity index is 740. The highest BCUT2D eigenvalue weighted by molar-refractivity contribution is 5.62. The number of phenols is 1. The number of hydrogen-bond donors (Lipinski definition) is 3. The smallest absolute Gasteiger partial charge is 0.191 e. The van der Waals surface area contributed by atoms with E-state index in [0.717, 1.165) is 0 Å². The lowest BCUT2D eigenvalue weighted by atomic mass is 9.98. The maximum absolute atomic E-state index is 12.1. The highest BCUT2D eigenvalue weighted by Crippen LogP contribution is 2.31. The third kappa shape index (κ3) is 2.08. The standard InChI is InChI=1S/C15H12O5/c16-9-3-1-8(2-4-9)13-7-12(19)15-11(18)5-10(17)6-14(15)20-13/h1-4,6-7,11,16-18H,5H2. The highest BCUT2D eigenvalue weighted by atomic mass is 16.3. The number of phenolic OH excluding ortho intramolecular Hbond substituents is 1. The van der Waals surface area contributed by atoms with Crippen molar-refractivity contribution in [3.8, 4) is 17.1 Å². The molecule has 1 aromatic heterocycles. The van der Waals surface area contributed by atoms with Crippen LogP contribution in [0.5, 0.6) is 5.75 Å². The van der Waals surface area contributed by atoms with Crippen molar-refractivity contribution in [3.05, 3.63) is 57.6 Å². The Morgan fingerprint density at radius 3 is 2.55 bits per heavy atom. The summed E-state index contributed by atoms with van der Waals surface area (Å²) in [6, 6.07) is 7.49. The molecule has 0 saturated carbocycles. The van der Waals surface area contributed by atoms with Gasteiger partial charge in [-0.15, -0.1) is 0 Å². The molecule has 1 aromatic carbocycles.